The number of rotatable bonds is 5. The Labute approximate surface area is 87.3 Å². The maximum Gasteiger partial charge on any atom is 0.353 e. The summed E-state index contributed by atoms with van der Waals surface area (Å²) in [5.74, 6) is -3.39. The summed E-state index contributed by atoms with van der Waals surface area (Å²) in [7, 11) is 0. The van der Waals surface area contributed by atoms with E-state index in [0.717, 1.165) is 0 Å². The number of hydrogen-bond acceptors (Lipinski definition) is 6. The second-order valence-corrected chi connectivity index (χ2v) is 2.45. The second kappa shape index (κ2) is 6.54. The number of esters is 2. The lowest BCUT2D eigenvalue weighted by Crippen LogP contribution is -2.31. The Hall–Kier alpha value is -1.90. The Morgan fingerprint density at radius 3 is 2.27 bits per heavy atom. The minimum absolute atomic E-state index is 0.0855. The van der Waals surface area contributed by atoms with Crippen LogP contribution < -0.4 is 0 Å². The molecule has 1 unspecified atom stereocenters. The van der Waals surface area contributed by atoms with Crippen molar-refractivity contribution in [2.45, 2.75) is 13.8 Å². The molecule has 0 heterocycles. The third-order valence-corrected chi connectivity index (χ3v) is 1.44. The molecule has 0 saturated heterocycles. The van der Waals surface area contributed by atoms with E-state index >= 15 is 0 Å². The summed E-state index contributed by atoms with van der Waals surface area (Å²) in [5, 5.41) is 15.9. The van der Waals surface area contributed by atoms with E-state index in [1.807, 2.05) is 0 Å². The number of hydrogen-bond donors (Lipinski definition) is 1. The average molecular weight is 212 g/mol. The standard InChI is InChI=1S/C9H12N2O4/c1-3-14-8(12)6(5-10)7(11)9(13)15-4-2/h6,11H,3-4H2,1-2H3. The Bertz CT molecular complexity index is 306. The van der Waals surface area contributed by atoms with Crippen LogP contribution in [0.2, 0.25) is 0 Å². The van der Waals surface area contributed by atoms with Gasteiger partial charge in [-0.25, -0.2) is 4.79 Å². The van der Waals surface area contributed by atoms with Crippen molar-refractivity contribution in [3.63, 3.8) is 0 Å². The summed E-state index contributed by atoms with van der Waals surface area (Å²) in [6, 6.07) is 1.53. The van der Waals surface area contributed by atoms with Gasteiger partial charge in [0.05, 0.1) is 19.3 Å². The average Bonchev–Trinajstić information content (AvgIpc) is 2.19. The molecule has 0 amide bonds. The van der Waals surface area contributed by atoms with Gasteiger partial charge in [-0.2, -0.15) is 5.26 Å². The van der Waals surface area contributed by atoms with Crippen LogP contribution in [-0.4, -0.2) is 30.9 Å². The second-order valence-electron chi connectivity index (χ2n) is 2.45. The lowest BCUT2D eigenvalue weighted by molar-refractivity contribution is -0.145. The zero-order valence-corrected chi connectivity index (χ0v) is 8.57. The highest BCUT2D eigenvalue weighted by Crippen LogP contribution is 2.02. The molecule has 6 heteroatoms. The van der Waals surface area contributed by atoms with E-state index in [0.29, 0.717) is 0 Å². The van der Waals surface area contributed by atoms with Crippen LogP contribution >= 0.6 is 0 Å². The van der Waals surface area contributed by atoms with Crippen molar-refractivity contribution >= 4 is 17.7 Å². The molecule has 6 nitrogen and oxygen atoms in total. The largest absolute Gasteiger partial charge is 0.465 e. The summed E-state index contributed by atoms with van der Waals surface area (Å²) in [4.78, 5) is 22.2. The molecule has 0 radical (unpaired) electrons. The number of carbonyl (C=O) groups excluding carboxylic acids is 2. The molecule has 82 valence electrons. The summed E-state index contributed by atoms with van der Waals surface area (Å²) in [6.45, 7) is 3.31. The Morgan fingerprint density at radius 2 is 1.87 bits per heavy atom. The van der Waals surface area contributed by atoms with Crippen molar-refractivity contribution in [2.24, 2.45) is 5.92 Å². The first-order valence-electron chi connectivity index (χ1n) is 4.40. The van der Waals surface area contributed by atoms with Crippen LogP contribution in [0.15, 0.2) is 0 Å². The molecule has 0 spiro atoms. The Kier molecular flexibility index (Phi) is 5.71. The SMILES string of the molecule is CCOC(=O)C(=N)C(C#N)C(=O)OCC. The monoisotopic (exact) mass is 212 g/mol. The third-order valence-electron chi connectivity index (χ3n) is 1.44. The zero-order valence-electron chi connectivity index (χ0n) is 8.57. The van der Waals surface area contributed by atoms with Crippen LogP contribution in [-0.2, 0) is 19.1 Å². The number of nitrogens with zero attached hydrogens (tertiary/aromatic N) is 1. The highest BCUT2D eigenvalue weighted by molar-refractivity contribution is 6.40. The van der Waals surface area contributed by atoms with Gasteiger partial charge in [0.1, 0.15) is 5.71 Å². The molecule has 1 N–H and O–H groups in total. The highest BCUT2D eigenvalue weighted by atomic mass is 16.5. The maximum absolute atomic E-state index is 11.1. The van der Waals surface area contributed by atoms with Gasteiger partial charge in [-0.05, 0) is 13.8 Å². The third kappa shape index (κ3) is 3.77. The van der Waals surface area contributed by atoms with Crippen LogP contribution in [0, 0.1) is 22.7 Å². The predicted molar refractivity (Wildman–Crippen MR) is 50.1 cm³/mol. The Balaban J connectivity index is 4.56. The molecule has 0 aliphatic carbocycles. The molecule has 15 heavy (non-hydrogen) atoms. The molecule has 0 aliphatic heterocycles. The van der Waals surface area contributed by atoms with E-state index in [-0.39, 0.29) is 13.2 Å². The van der Waals surface area contributed by atoms with Gasteiger partial charge in [-0.1, -0.05) is 0 Å². The normalized spacial score (nSPS) is 11.0. The lowest BCUT2D eigenvalue weighted by Gasteiger charge is -2.08. The van der Waals surface area contributed by atoms with Gasteiger partial charge in [0.2, 0.25) is 0 Å². The van der Waals surface area contributed by atoms with Gasteiger partial charge in [-0.3, -0.25) is 10.2 Å². The summed E-state index contributed by atoms with van der Waals surface area (Å²) >= 11 is 0. The first-order valence-corrected chi connectivity index (χ1v) is 4.40. The van der Waals surface area contributed by atoms with Gasteiger partial charge in [0.15, 0.2) is 5.92 Å². The van der Waals surface area contributed by atoms with E-state index in [9.17, 15) is 9.59 Å². The van der Waals surface area contributed by atoms with Crippen LogP contribution in [0.4, 0.5) is 0 Å². The molecule has 0 rings (SSSR count). The van der Waals surface area contributed by atoms with Crippen LogP contribution in [0.5, 0.6) is 0 Å². The fourth-order valence-electron chi connectivity index (χ4n) is 0.787. The zero-order chi connectivity index (χ0) is 11.8. The fraction of sp³-hybridized carbons (Fsp3) is 0.556. The van der Waals surface area contributed by atoms with Gasteiger partial charge in [0.25, 0.3) is 0 Å². The molecular weight excluding hydrogens is 200 g/mol. The van der Waals surface area contributed by atoms with Gasteiger partial charge < -0.3 is 9.47 Å². The van der Waals surface area contributed by atoms with Crippen molar-refractivity contribution in [1.82, 2.24) is 0 Å². The smallest absolute Gasteiger partial charge is 0.353 e. The fourth-order valence-corrected chi connectivity index (χ4v) is 0.787. The molecule has 0 bridgehead atoms. The number of carbonyl (C=O) groups is 2. The van der Waals surface area contributed by atoms with Crippen LogP contribution in [0.25, 0.3) is 0 Å². The lowest BCUT2D eigenvalue weighted by atomic mass is 10.1. The van der Waals surface area contributed by atoms with Gasteiger partial charge in [0, 0.05) is 0 Å². The predicted octanol–water partition coefficient (Wildman–Crippen LogP) is 0.272. The summed E-state index contributed by atoms with van der Waals surface area (Å²) < 4.78 is 9.03. The maximum atomic E-state index is 11.1. The van der Waals surface area contributed by atoms with E-state index in [1.54, 1.807) is 13.8 Å². The van der Waals surface area contributed by atoms with Crippen molar-refractivity contribution in [1.29, 1.82) is 10.7 Å². The summed E-state index contributed by atoms with van der Waals surface area (Å²) in [6.07, 6.45) is 0. The van der Waals surface area contributed by atoms with E-state index in [1.165, 1.54) is 6.07 Å². The van der Waals surface area contributed by atoms with Crippen molar-refractivity contribution in [3.8, 4) is 6.07 Å². The van der Waals surface area contributed by atoms with Gasteiger partial charge in [-0.15, -0.1) is 0 Å². The quantitative estimate of drug-likeness (QED) is 0.520. The summed E-state index contributed by atoms with van der Waals surface area (Å²) in [5.41, 5.74) is -0.696. The molecule has 0 aliphatic rings. The first-order chi connectivity index (χ1) is 7.08. The van der Waals surface area contributed by atoms with Crippen LogP contribution in [0.1, 0.15) is 13.8 Å². The van der Waals surface area contributed by atoms with E-state index in [2.05, 4.69) is 9.47 Å². The Morgan fingerprint density at radius 1 is 1.33 bits per heavy atom. The number of ether oxygens (including phenoxy) is 2. The molecule has 0 aromatic heterocycles. The molecule has 0 aromatic carbocycles. The minimum atomic E-state index is -1.51. The number of nitrogens with one attached hydrogen (secondary N) is 1. The topological polar surface area (TPSA) is 100 Å². The van der Waals surface area contributed by atoms with Crippen molar-refractivity contribution < 1.29 is 19.1 Å². The molecule has 0 saturated carbocycles. The van der Waals surface area contributed by atoms with Crippen molar-refractivity contribution in [2.75, 3.05) is 13.2 Å². The minimum Gasteiger partial charge on any atom is -0.465 e. The molecule has 0 fully saturated rings. The van der Waals surface area contributed by atoms with Crippen LogP contribution in [0.3, 0.4) is 0 Å². The van der Waals surface area contributed by atoms with Crippen molar-refractivity contribution in [3.05, 3.63) is 0 Å². The van der Waals surface area contributed by atoms with E-state index in [4.69, 9.17) is 10.7 Å². The highest BCUT2D eigenvalue weighted by Gasteiger charge is 2.30. The first kappa shape index (κ1) is 13.1. The number of nitriles is 1. The van der Waals surface area contributed by atoms with E-state index < -0.39 is 23.6 Å². The molecule has 1 atom stereocenters. The molecule has 0 aromatic rings. The molecular formula is C9H12N2O4. The van der Waals surface area contributed by atoms with Gasteiger partial charge >= 0.3 is 11.9 Å².